The molecule has 2 rings (SSSR count). The highest BCUT2D eigenvalue weighted by atomic mass is 35.5. The molecule has 4 heteroatoms. The van der Waals surface area contributed by atoms with Crippen molar-refractivity contribution in [3.8, 4) is 0 Å². The van der Waals surface area contributed by atoms with Crippen LogP contribution >= 0.6 is 23.2 Å². The molecule has 4 atom stereocenters. The number of oxime groups is 1. The Kier molecular flexibility index (Phi) is 3.32. The van der Waals surface area contributed by atoms with Crippen LogP contribution < -0.4 is 0 Å². The van der Waals surface area contributed by atoms with Gasteiger partial charge in [-0.15, -0.1) is 0 Å². The molecule has 2 nitrogen and oxygen atoms in total. The first-order valence-electron chi connectivity index (χ1n) is 5.51. The first kappa shape index (κ1) is 12.0. The Hall–Kier alpha value is -0.470. The molecule has 1 N–H and O–H groups in total. The Morgan fingerprint density at radius 1 is 1.38 bits per heavy atom. The van der Waals surface area contributed by atoms with Gasteiger partial charge in [0.25, 0.3) is 0 Å². The predicted molar refractivity (Wildman–Crippen MR) is 67.0 cm³/mol. The fourth-order valence-corrected chi connectivity index (χ4v) is 3.94. The van der Waals surface area contributed by atoms with Crippen LogP contribution in [0.4, 0.5) is 0 Å². The third kappa shape index (κ3) is 1.68. The molecule has 2 aliphatic carbocycles. The molecular weight excluding hydrogens is 245 g/mol. The van der Waals surface area contributed by atoms with Crippen LogP contribution in [0.15, 0.2) is 27.4 Å². The number of hydrogen-bond donors (Lipinski definition) is 1. The van der Waals surface area contributed by atoms with Crippen molar-refractivity contribution in [3.63, 3.8) is 0 Å². The normalized spacial score (nSPS) is 40.2. The summed E-state index contributed by atoms with van der Waals surface area (Å²) in [5.41, 5.74) is 1.85. The van der Waals surface area contributed by atoms with Gasteiger partial charge in [-0.3, -0.25) is 0 Å². The molecule has 0 bridgehead atoms. The highest BCUT2D eigenvalue weighted by Crippen LogP contribution is 2.51. The number of hydrogen-bond acceptors (Lipinski definition) is 2. The van der Waals surface area contributed by atoms with Crippen LogP contribution in [0.5, 0.6) is 0 Å². The van der Waals surface area contributed by atoms with Gasteiger partial charge in [0.2, 0.25) is 0 Å². The number of allylic oxidation sites excluding steroid dienone is 3. The monoisotopic (exact) mass is 259 g/mol. The van der Waals surface area contributed by atoms with E-state index in [1.54, 1.807) is 0 Å². The fourth-order valence-electron chi connectivity index (χ4n) is 3.25. The Bertz CT molecular complexity index is 382. The topological polar surface area (TPSA) is 32.6 Å². The second-order valence-corrected chi connectivity index (χ2v) is 5.60. The summed E-state index contributed by atoms with van der Waals surface area (Å²) in [7, 11) is 0. The summed E-state index contributed by atoms with van der Waals surface area (Å²) in [6, 6.07) is 0. The number of rotatable bonds is 0. The molecule has 0 saturated heterocycles. The lowest BCUT2D eigenvalue weighted by molar-refractivity contribution is 0.302. The summed E-state index contributed by atoms with van der Waals surface area (Å²) < 4.78 is 0.381. The van der Waals surface area contributed by atoms with E-state index >= 15 is 0 Å². The minimum atomic E-state index is 0.243. The third-order valence-corrected chi connectivity index (χ3v) is 4.43. The summed E-state index contributed by atoms with van der Waals surface area (Å²) in [6.45, 7) is 4.25. The molecule has 0 amide bonds. The van der Waals surface area contributed by atoms with Crippen LogP contribution in [0, 0.1) is 23.7 Å². The lowest BCUT2D eigenvalue weighted by atomic mass is 9.79. The number of nitrogens with zero attached hydrogens (tertiary/aromatic N) is 1. The summed E-state index contributed by atoms with van der Waals surface area (Å²) >= 11 is 11.9. The number of halogens is 2. The zero-order valence-corrected chi connectivity index (χ0v) is 10.8. The molecule has 0 aromatic carbocycles. The largest absolute Gasteiger partial charge is 0.411 e. The SMILES string of the molecule is CC1C(=C(Cl)Cl)[C@H](C)C2/C(=N/O)C=CCC12. The highest BCUT2D eigenvalue weighted by Gasteiger charge is 2.46. The lowest BCUT2D eigenvalue weighted by Gasteiger charge is -2.25. The van der Waals surface area contributed by atoms with Gasteiger partial charge in [-0.25, -0.2) is 0 Å². The molecule has 0 aliphatic heterocycles. The van der Waals surface area contributed by atoms with Crippen LogP contribution in [0.2, 0.25) is 0 Å². The molecular formula is C12H15Cl2NO. The van der Waals surface area contributed by atoms with Crippen molar-refractivity contribution in [2.75, 3.05) is 0 Å². The Labute approximate surface area is 106 Å². The Balaban J connectivity index is 2.44. The maximum atomic E-state index is 9.02. The van der Waals surface area contributed by atoms with Crippen molar-refractivity contribution < 1.29 is 5.21 Å². The van der Waals surface area contributed by atoms with Gasteiger partial charge in [0.15, 0.2) is 0 Å². The van der Waals surface area contributed by atoms with Crippen molar-refractivity contribution in [3.05, 3.63) is 22.2 Å². The van der Waals surface area contributed by atoms with Crippen LogP contribution in [-0.4, -0.2) is 10.9 Å². The molecule has 1 fully saturated rings. The van der Waals surface area contributed by atoms with Crippen molar-refractivity contribution in [1.29, 1.82) is 0 Å². The van der Waals surface area contributed by atoms with Gasteiger partial charge in [-0.1, -0.05) is 48.3 Å². The third-order valence-electron chi connectivity index (χ3n) is 4.00. The molecule has 0 heterocycles. The summed E-state index contributed by atoms with van der Waals surface area (Å²) in [4.78, 5) is 0. The van der Waals surface area contributed by atoms with Crippen LogP contribution in [-0.2, 0) is 0 Å². The van der Waals surface area contributed by atoms with Gasteiger partial charge in [0, 0.05) is 5.92 Å². The smallest absolute Gasteiger partial charge is 0.106 e. The highest BCUT2D eigenvalue weighted by molar-refractivity contribution is 6.56. The van der Waals surface area contributed by atoms with Crippen LogP contribution in [0.25, 0.3) is 0 Å². The molecule has 88 valence electrons. The average Bonchev–Trinajstić information content (AvgIpc) is 2.51. The van der Waals surface area contributed by atoms with Gasteiger partial charge in [0.1, 0.15) is 4.49 Å². The fraction of sp³-hybridized carbons (Fsp3) is 0.583. The van der Waals surface area contributed by atoms with E-state index in [0.29, 0.717) is 16.3 Å². The van der Waals surface area contributed by atoms with E-state index in [0.717, 1.165) is 17.7 Å². The van der Waals surface area contributed by atoms with Gasteiger partial charge in [0.05, 0.1) is 5.71 Å². The minimum Gasteiger partial charge on any atom is -0.411 e. The molecule has 16 heavy (non-hydrogen) atoms. The molecule has 0 spiro atoms. The van der Waals surface area contributed by atoms with Crippen LogP contribution in [0.1, 0.15) is 20.3 Å². The van der Waals surface area contributed by atoms with Crippen molar-refractivity contribution in [2.45, 2.75) is 20.3 Å². The van der Waals surface area contributed by atoms with E-state index in [1.807, 2.05) is 6.08 Å². The summed E-state index contributed by atoms with van der Waals surface area (Å²) in [6.07, 6.45) is 4.96. The molecule has 0 aromatic rings. The van der Waals surface area contributed by atoms with Gasteiger partial charge in [-0.2, -0.15) is 0 Å². The molecule has 1 saturated carbocycles. The van der Waals surface area contributed by atoms with E-state index in [-0.39, 0.29) is 11.8 Å². The van der Waals surface area contributed by atoms with Gasteiger partial charge < -0.3 is 5.21 Å². The quantitative estimate of drug-likeness (QED) is 0.518. The van der Waals surface area contributed by atoms with Crippen molar-refractivity contribution in [2.24, 2.45) is 28.8 Å². The molecule has 2 aliphatic rings. The Morgan fingerprint density at radius 2 is 2.06 bits per heavy atom. The van der Waals surface area contributed by atoms with Gasteiger partial charge >= 0.3 is 0 Å². The molecule has 3 unspecified atom stereocenters. The van der Waals surface area contributed by atoms with Crippen molar-refractivity contribution in [1.82, 2.24) is 0 Å². The summed E-state index contributed by atoms with van der Waals surface area (Å²) in [5, 5.41) is 12.4. The average molecular weight is 260 g/mol. The first-order chi connectivity index (χ1) is 7.57. The maximum Gasteiger partial charge on any atom is 0.106 e. The maximum absolute atomic E-state index is 9.02. The van der Waals surface area contributed by atoms with E-state index in [2.05, 4.69) is 25.1 Å². The van der Waals surface area contributed by atoms with E-state index in [4.69, 9.17) is 28.4 Å². The van der Waals surface area contributed by atoms with E-state index < -0.39 is 0 Å². The number of fused-ring (bicyclic) bond motifs is 1. The predicted octanol–water partition coefficient (Wildman–Crippen LogP) is 3.98. The molecule has 0 aromatic heterocycles. The zero-order valence-electron chi connectivity index (χ0n) is 9.32. The second kappa shape index (κ2) is 4.42. The Morgan fingerprint density at radius 3 is 2.62 bits per heavy atom. The van der Waals surface area contributed by atoms with E-state index in [9.17, 15) is 0 Å². The van der Waals surface area contributed by atoms with Crippen LogP contribution in [0.3, 0.4) is 0 Å². The lowest BCUT2D eigenvalue weighted by Crippen LogP contribution is -2.26. The minimum absolute atomic E-state index is 0.243. The van der Waals surface area contributed by atoms with Gasteiger partial charge in [-0.05, 0) is 35.8 Å². The van der Waals surface area contributed by atoms with Crippen molar-refractivity contribution >= 4 is 28.9 Å². The standard InChI is InChI=1S/C12H15Cl2NO/c1-6-8-4-3-5-9(15-16)11(8)7(2)10(6)12(13)14/h3,5-8,11,16H,4H2,1-2H3/b15-9+/t6?,7-,8?,11?/m0/s1. The summed E-state index contributed by atoms with van der Waals surface area (Å²) in [5.74, 6) is 1.30. The first-order valence-corrected chi connectivity index (χ1v) is 6.27. The second-order valence-electron chi connectivity index (χ2n) is 4.65. The van der Waals surface area contributed by atoms with E-state index in [1.165, 1.54) is 0 Å². The molecule has 0 radical (unpaired) electrons. The zero-order chi connectivity index (χ0) is 11.9.